The summed E-state index contributed by atoms with van der Waals surface area (Å²) in [6, 6.07) is 7.78. The van der Waals surface area contributed by atoms with E-state index in [9.17, 15) is 9.59 Å². The van der Waals surface area contributed by atoms with Crippen LogP contribution in [0.1, 0.15) is 26.3 Å². The molecule has 104 valence electrons. The van der Waals surface area contributed by atoms with Crippen molar-refractivity contribution in [3.05, 3.63) is 35.9 Å². The lowest BCUT2D eigenvalue weighted by atomic mass is 10.1. The fourth-order valence-electron chi connectivity index (χ4n) is 1.58. The Kier molecular flexibility index (Phi) is 4.92. The van der Waals surface area contributed by atoms with Crippen LogP contribution in [0.15, 0.2) is 30.3 Å². The Bertz CT molecular complexity index is 438. The summed E-state index contributed by atoms with van der Waals surface area (Å²) in [5, 5.41) is 14.3. The molecule has 0 spiro atoms. The molecule has 0 bridgehead atoms. The van der Waals surface area contributed by atoms with Crippen molar-refractivity contribution >= 4 is 12.0 Å². The number of carbonyl (C=O) groups is 2. The minimum Gasteiger partial charge on any atom is -0.480 e. The molecule has 1 atom stereocenters. The third kappa shape index (κ3) is 5.90. The highest BCUT2D eigenvalue weighted by atomic mass is 16.4. The zero-order valence-corrected chi connectivity index (χ0v) is 11.4. The molecule has 0 radical (unpaired) electrons. The summed E-state index contributed by atoms with van der Waals surface area (Å²) in [7, 11) is 0. The molecule has 0 saturated heterocycles. The Balaban J connectivity index is 2.64. The smallest absolute Gasteiger partial charge is 0.326 e. The van der Waals surface area contributed by atoms with Crippen molar-refractivity contribution in [2.75, 3.05) is 0 Å². The lowest BCUT2D eigenvalue weighted by Crippen LogP contribution is -2.52. The second kappa shape index (κ2) is 6.22. The van der Waals surface area contributed by atoms with Gasteiger partial charge < -0.3 is 15.7 Å². The molecule has 0 aliphatic carbocycles. The molecular weight excluding hydrogens is 244 g/mol. The number of hydrogen-bond acceptors (Lipinski definition) is 2. The van der Waals surface area contributed by atoms with Crippen molar-refractivity contribution < 1.29 is 14.7 Å². The maximum atomic E-state index is 11.7. The highest BCUT2D eigenvalue weighted by Gasteiger charge is 2.22. The predicted molar refractivity (Wildman–Crippen MR) is 73.0 cm³/mol. The number of benzene rings is 1. The second-order valence-corrected chi connectivity index (χ2v) is 5.43. The molecule has 5 heteroatoms. The fraction of sp³-hybridized carbons (Fsp3) is 0.429. The van der Waals surface area contributed by atoms with Crippen LogP contribution >= 0.6 is 0 Å². The van der Waals surface area contributed by atoms with Gasteiger partial charge in [0.2, 0.25) is 0 Å². The summed E-state index contributed by atoms with van der Waals surface area (Å²) >= 11 is 0. The number of carboxylic acid groups (broad SMARTS) is 1. The maximum Gasteiger partial charge on any atom is 0.326 e. The van der Waals surface area contributed by atoms with E-state index in [-0.39, 0.29) is 6.42 Å². The van der Waals surface area contributed by atoms with Crippen molar-refractivity contribution in [3.63, 3.8) is 0 Å². The predicted octanol–water partition coefficient (Wildman–Crippen LogP) is 1.78. The molecule has 1 aromatic rings. The molecule has 5 nitrogen and oxygen atoms in total. The molecule has 1 aromatic carbocycles. The zero-order chi connectivity index (χ0) is 14.5. The SMILES string of the molecule is CC(C)(C)NC(=O)NC(Cc1ccccc1)C(=O)O. The van der Waals surface area contributed by atoms with Gasteiger partial charge in [-0.25, -0.2) is 9.59 Å². The van der Waals surface area contributed by atoms with Gasteiger partial charge in [-0.2, -0.15) is 0 Å². The molecule has 1 unspecified atom stereocenters. The van der Waals surface area contributed by atoms with Crippen molar-refractivity contribution in [1.82, 2.24) is 10.6 Å². The van der Waals surface area contributed by atoms with Crippen LogP contribution in [-0.2, 0) is 11.2 Å². The number of aliphatic carboxylic acids is 1. The minimum atomic E-state index is -1.05. The first-order chi connectivity index (χ1) is 8.78. The van der Waals surface area contributed by atoms with Crippen molar-refractivity contribution in [2.24, 2.45) is 0 Å². The first-order valence-electron chi connectivity index (χ1n) is 6.13. The van der Waals surface area contributed by atoms with Crippen LogP contribution in [0, 0.1) is 0 Å². The zero-order valence-electron chi connectivity index (χ0n) is 11.4. The van der Waals surface area contributed by atoms with E-state index in [0.29, 0.717) is 0 Å². The lowest BCUT2D eigenvalue weighted by molar-refractivity contribution is -0.139. The van der Waals surface area contributed by atoms with Crippen LogP contribution < -0.4 is 10.6 Å². The number of rotatable bonds is 4. The molecule has 0 fully saturated rings. The molecule has 19 heavy (non-hydrogen) atoms. The largest absolute Gasteiger partial charge is 0.480 e. The number of nitrogens with one attached hydrogen (secondary N) is 2. The summed E-state index contributed by atoms with van der Waals surface area (Å²) in [5.41, 5.74) is 0.464. The highest BCUT2D eigenvalue weighted by molar-refractivity contribution is 5.83. The second-order valence-electron chi connectivity index (χ2n) is 5.43. The Hall–Kier alpha value is -2.04. The fourth-order valence-corrected chi connectivity index (χ4v) is 1.58. The van der Waals surface area contributed by atoms with E-state index in [1.54, 1.807) is 0 Å². The van der Waals surface area contributed by atoms with E-state index in [1.165, 1.54) is 0 Å². The van der Waals surface area contributed by atoms with Crippen LogP contribution in [0.4, 0.5) is 4.79 Å². The van der Waals surface area contributed by atoms with Gasteiger partial charge in [0.05, 0.1) is 0 Å². The first kappa shape index (κ1) is 15.0. The van der Waals surface area contributed by atoms with Crippen LogP contribution in [0.5, 0.6) is 0 Å². The Morgan fingerprint density at radius 3 is 2.26 bits per heavy atom. The van der Waals surface area contributed by atoms with Gasteiger partial charge in [0.25, 0.3) is 0 Å². The van der Waals surface area contributed by atoms with Crippen molar-refractivity contribution in [2.45, 2.75) is 38.8 Å². The van der Waals surface area contributed by atoms with Crippen molar-refractivity contribution in [1.29, 1.82) is 0 Å². The van der Waals surface area contributed by atoms with E-state index >= 15 is 0 Å². The number of hydrogen-bond donors (Lipinski definition) is 3. The molecule has 0 saturated carbocycles. The summed E-state index contributed by atoms with van der Waals surface area (Å²) in [6.07, 6.45) is 0.258. The highest BCUT2D eigenvalue weighted by Crippen LogP contribution is 2.04. The van der Waals surface area contributed by atoms with E-state index in [4.69, 9.17) is 5.11 Å². The van der Waals surface area contributed by atoms with Crippen LogP contribution in [0.3, 0.4) is 0 Å². The Morgan fingerprint density at radius 2 is 1.79 bits per heavy atom. The third-order valence-electron chi connectivity index (χ3n) is 2.37. The van der Waals surface area contributed by atoms with E-state index in [2.05, 4.69) is 10.6 Å². The number of carbonyl (C=O) groups excluding carboxylic acids is 1. The third-order valence-corrected chi connectivity index (χ3v) is 2.37. The molecule has 0 aromatic heterocycles. The van der Waals surface area contributed by atoms with Gasteiger partial charge in [0.15, 0.2) is 0 Å². The van der Waals surface area contributed by atoms with Gasteiger partial charge in [0, 0.05) is 12.0 Å². The van der Waals surface area contributed by atoms with Gasteiger partial charge in [-0.05, 0) is 26.3 Å². The average molecular weight is 264 g/mol. The molecule has 3 N–H and O–H groups in total. The number of carboxylic acids is 1. The van der Waals surface area contributed by atoms with Crippen LogP contribution in [0.25, 0.3) is 0 Å². The quantitative estimate of drug-likeness (QED) is 0.775. The van der Waals surface area contributed by atoms with Crippen molar-refractivity contribution in [3.8, 4) is 0 Å². The van der Waals surface area contributed by atoms with Crippen LogP contribution in [0.2, 0.25) is 0 Å². The maximum absolute atomic E-state index is 11.7. The molecular formula is C14H20N2O3. The Labute approximate surface area is 113 Å². The van der Waals surface area contributed by atoms with Gasteiger partial charge in [-0.15, -0.1) is 0 Å². The standard InChI is InChI=1S/C14H20N2O3/c1-14(2,3)16-13(19)15-11(12(17)18)9-10-7-5-4-6-8-10/h4-8,11H,9H2,1-3H3,(H,17,18)(H2,15,16,19). The molecule has 0 aliphatic heterocycles. The van der Waals surface area contributed by atoms with Gasteiger partial charge in [-0.1, -0.05) is 30.3 Å². The number of amides is 2. The summed E-state index contributed by atoms with van der Waals surface area (Å²) in [4.78, 5) is 22.8. The molecule has 1 rings (SSSR count). The Morgan fingerprint density at radius 1 is 1.21 bits per heavy atom. The molecule has 0 heterocycles. The average Bonchev–Trinajstić information content (AvgIpc) is 2.26. The normalized spacial score (nSPS) is 12.6. The topological polar surface area (TPSA) is 78.4 Å². The molecule has 0 aliphatic rings. The van der Waals surface area contributed by atoms with E-state index < -0.39 is 23.6 Å². The minimum absolute atomic E-state index is 0.258. The van der Waals surface area contributed by atoms with Gasteiger partial charge >= 0.3 is 12.0 Å². The summed E-state index contributed by atoms with van der Waals surface area (Å²) in [5.74, 6) is -1.05. The van der Waals surface area contributed by atoms with E-state index in [1.807, 2.05) is 51.1 Å². The lowest BCUT2D eigenvalue weighted by Gasteiger charge is -2.23. The van der Waals surface area contributed by atoms with Crippen LogP contribution in [-0.4, -0.2) is 28.7 Å². The molecule has 2 amide bonds. The van der Waals surface area contributed by atoms with Gasteiger partial charge in [0.1, 0.15) is 6.04 Å². The monoisotopic (exact) mass is 264 g/mol. The first-order valence-corrected chi connectivity index (χ1v) is 6.13. The summed E-state index contributed by atoms with van der Waals surface area (Å²) < 4.78 is 0. The number of urea groups is 1. The van der Waals surface area contributed by atoms with Gasteiger partial charge in [-0.3, -0.25) is 0 Å². The van der Waals surface area contributed by atoms with E-state index in [0.717, 1.165) is 5.56 Å². The summed E-state index contributed by atoms with van der Waals surface area (Å²) in [6.45, 7) is 5.50.